The number of fused-ring (bicyclic) bond motifs is 3. The average molecular weight is 497 g/mol. The molecule has 2 aromatic carbocycles. The fourth-order valence-electron chi connectivity index (χ4n) is 4.53. The van der Waals surface area contributed by atoms with Crippen LogP contribution in [0.3, 0.4) is 0 Å². The Hall–Kier alpha value is -3.23. The molecule has 8 heteroatoms. The van der Waals surface area contributed by atoms with Crippen molar-refractivity contribution < 1.29 is 29.0 Å². The van der Waals surface area contributed by atoms with E-state index in [0.29, 0.717) is 50.9 Å². The maximum Gasteiger partial charge on any atom is 0.406 e. The van der Waals surface area contributed by atoms with Gasteiger partial charge in [0.25, 0.3) is 0 Å². The second-order valence-corrected chi connectivity index (χ2v) is 8.84. The number of ether oxygens (including phenoxy) is 2. The molecule has 0 aliphatic heterocycles. The first-order valence-electron chi connectivity index (χ1n) is 12.5. The lowest BCUT2D eigenvalue weighted by Gasteiger charge is -2.15. The summed E-state index contributed by atoms with van der Waals surface area (Å²) in [5.74, 6) is -0.174. The molecule has 0 saturated heterocycles. The molecule has 0 spiro atoms. The van der Waals surface area contributed by atoms with Gasteiger partial charge in [0, 0.05) is 58.2 Å². The van der Waals surface area contributed by atoms with Crippen LogP contribution in [0.25, 0.3) is 11.1 Å². The molecule has 0 radical (unpaired) electrons. The van der Waals surface area contributed by atoms with Gasteiger partial charge in [0.15, 0.2) is 5.78 Å². The second kappa shape index (κ2) is 13.8. The van der Waals surface area contributed by atoms with Gasteiger partial charge in [-0.25, -0.2) is 4.79 Å². The highest BCUT2D eigenvalue weighted by molar-refractivity contribution is 6.04. The SMILES string of the molecule is CNC(=O)CCc1ccc2c(c1)C(COC(=O)NC)c1cccc(C(=O)CCCOCCCCO)c1-2. The summed E-state index contributed by atoms with van der Waals surface area (Å²) in [7, 11) is 3.14. The lowest BCUT2D eigenvalue weighted by molar-refractivity contribution is -0.120. The molecular weight excluding hydrogens is 460 g/mol. The fraction of sp³-hybridized carbons (Fsp3) is 0.464. The standard InChI is InChI=1S/C28H36N2O6/c1-29-26(33)13-11-19-10-12-21-23(17-19)24(18-36-28(34)30-2)20-7-5-8-22(27(20)21)25(32)9-6-16-35-15-4-3-14-31/h5,7-8,10,12,17,24,31H,3-4,6,9,11,13-16,18H2,1-2H3,(H,29,33)(H,30,34). The third-order valence-corrected chi connectivity index (χ3v) is 6.43. The van der Waals surface area contributed by atoms with Crippen molar-refractivity contribution in [3.8, 4) is 11.1 Å². The first kappa shape index (κ1) is 27.4. The van der Waals surface area contributed by atoms with Crippen LogP contribution in [0, 0.1) is 0 Å². The number of benzene rings is 2. The van der Waals surface area contributed by atoms with Gasteiger partial charge in [-0.15, -0.1) is 0 Å². The highest BCUT2D eigenvalue weighted by Crippen LogP contribution is 2.47. The number of alkyl carbamates (subject to hydrolysis) is 1. The fourth-order valence-corrected chi connectivity index (χ4v) is 4.53. The Morgan fingerprint density at radius 1 is 0.944 bits per heavy atom. The molecule has 3 N–H and O–H groups in total. The Morgan fingerprint density at radius 2 is 1.75 bits per heavy atom. The van der Waals surface area contributed by atoms with Gasteiger partial charge in [-0.1, -0.05) is 36.4 Å². The van der Waals surface area contributed by atoms with Gasteiger partial charge in [-0.05, 0) is 53.5 Å². The number of aliphatic hydroxyl groups excluding tert-OH is 1. The van der Waals surface area contributed by atoms with Gasteiger partial charge in [-0.3, -0.25) is 9.59 Å². The van der Waals surface area contributed by atoms with E-state index in [1.54, 1.807) is 7.05 Å². The van der Waals surface area contributed by atoms with Crippen molar-refractivity contribution in [2.75, 3.05) is 40.5 Å². The molecule has 2 amide bonds. The smallest absolute Gasteiger partial charge is 0.406 e. The number of carbonyl (C=O) groups excluding carboxylic acids is 3. The Kier molecular flexibility index (Phi) is 10.5. The van der Waals surface area contributed by atoms with E-state index < -0.39 is 6.09 Å². The van der Waals surface area contributed by atoms with Crippen molar-refractivity contribution in [2.24, 2.45) is 0 Å². The van der Waals surface area contributed by atoms with Crippen LogP contribution in [0.4, 0.5) is 4.79 Å². The summed E-state index contributed by atoms with van der Waals surface area (Å²) in [6, 6.07) is 11.8. The molecule has 0 heterocycles. The third kappa shape index (κ3) is 6.92. The van der Waals surface area contributed by atoms with E-state index in [9.17, 15) is 14.4 Å². The quantitative estimate of drug-likeness (QED) is 0.272. The molecule has 0 fully saturated rings. The Labute approximate surface area is 212 Å². The topological polar surface area (TPSA) is 114 Å². The minimum Gasteiger partial charge on any atom is -0.449 e. The molecule has 1 unspecified atom stereocenters. The van der Waals surface area contributed by atoms with E-state index in [-0.39, 0.29) is 30.8 Å². The van der Waals surface area contributed by atoms with E-state index in [0.717, 1.165) is 34.2 Å². The highest BCUT2D eigenvalue weighted by Gasteiger charge is 2.33. The zero-order valence-electron chi connectivity index (χ0n) is 21.1. The maximum absolute atomic E-state index is 13.2. The van der Waals surface area contributed by atoms with Gasteiger partial charge < -0.3 is 25.2 Å². The number of aliphatic hydroxyl groups is 1. The number of carbonyl (C=O) groups is 3. The number of ketones is 1. The number of hydrogen-bond donors (Lipinski definition) is 3. The van der Waals surface area contributed by atoms with Crippen LogP contribution in [-0.4, -0.2) is 63.4 Å². The van der Waals surface area contributed by atoms with Crippen molar-refractivity contribution in [1.82, 2.24) is 10.6 Å². The maximum atomic E-state index is 13.2. The Morgan fingerprint density at radius 3 is 2.50 bits per heavy atom. The van der Waals surface area contributed by atoms with Crippen molar-refractivity contribution in [1.29, 1.82) is 0 Å². The van der Waals surface area contributed by atoms with Crippen LogP contribution >= 0.6 is 0 Å². The zero-order chi connectivity index (χ0) is 25.9. The zero-order valence-corrected chi connectivity index (χ0v) is 21.1. The lowest BCUT2D eigenvalue weighted by Crippen LogP contribution is -2.22. The largest absolute Gasteiger partial charge is 0.449 e. The first-order chi connectivity index (χ1) is 17.5. The predicted octanol–water partition coefficient (Wildman–Crippen LogP) is 3.59. The molecule has 1 aliphatic carbocycles. The summed E-state index contributed by atoms with van der Waals surface area (Å²) in [5.41, 5.74) is 5.49. The molecule has 8 nitrogen and oxygen atoms in total. The van der Waals surface area contributed by atoms with Crippen LogP contribution in [-0.2, 0) is 20.7 Å². The van der Waals surface area contributed by atoms with E-state index in [1.165, 1.54) is 7.05 Å². The molecule has 0 bridgehead atoms. The minimum absolute atomic E-state index is 0.0245. The summed E-state index contributed by atoms with van der Waals surface area (Å²) in [4.78, 5) is 36.8. The normalized spacial score (nSPS) is 13.6. The van der Waals surface area contributed by atoms with Crippen molar-refractivity contribution >= 4 is 17.8 Å². The van der Waals surface area contributed by atoms with Crippen LogP contribution in [0.15, 0.2) is 36.4 Å². The summed E-state index contributed by atoms with van der Waals surface area (Å²) in [6.07, 6.45) is 2.98. The van der Waals surface area contributed by atoms with Crippen LogP contribution in [0.1, 0.15) is 65.1 Å². The van der Waals surface area contributed by atoms with Crippen LogP contribution in [0.5, 0.6) is 0 Å². The Bertz CT molecular complexity index is 1070. The average Bonchev–Trinajstić information content (AvgIpc) is 3.22. The second-order valence-electron chi connectivity index (χ2n) is 8.84. The number of amides is 2. The molecule has 0 aromatic heterocycles. The van der Waals surface area contributed by atoms with Crippen molar-refractivity contribution in [3.05, 3.63) is 58.7 Å². The van der Waals surface area contributed by atoms with E-state index in [2.05, 4.69) is 16.7 Å². The van der Waals surface area contributed by atoms with Gasteiger partial charge in [0.05, 0.1) is 0 Å². The lowest BCUT2D eigenvalue weighted by atomic mass is 9.93. The third-order valence-electron chi connectivity index (χ3n) is 6.43. The number of rotatable bonds is 14. The van der Waals surface area contributed by atoms with Crippen molar-refractivity contribution in [3.63, 3.8) is 0 Å². The number of nitrogens with one attached hydrogen (secondary N) is 2. The van der Waals surface area contributed by atoms with Gasteiger partial charge in [0.2, 0.25) is 5.91 Å². The van der Waals surface area contributed by atoms with E-state index in [1.807, 2.05) is 30.3 Å². The monoisotopic (exact) mass is 496 g/mol. The minimum atomic E-state index is -0.507. The van der Waals surface area contributed by atoms with E-state index >= 15 is 0 Å². The molecule has 1 atom stereocenters. The van der Waals surface area contributed by atoms with Crippen LogP contribution in [0.2, 0.25) is 0 Å². The van der Waals surface area contributed by atoms with Crippen LogP contribution < -0.4 is 10.6 Å². The molecule has 36 heavy (non-hydrogen) atoms. The number of Topliss-reactive ketones (excluding diaryl/α,β-unsaturated/α-hetero) is 1. The van der Waals surface area contributed by atoms with Crippen molar-refractivity contribution in [2.45, 2.75) is 44.4 Å². The summed E-state index contributed by atoms with van der Waals surface area (Å²) in [6.45, 7) is 1.39. The number of hydrogen-bond acceptors (Lipinski definition) is 6. The molecule has 194 valence electrons. The number of unbranched alkanes of at least 4 members (excludes halogenated alkanes) is 1. The molecule has 0 saturated carbocycles. The van der Waals surface area contributed by atoms with Gasteiger partial charge in [-0.2, -0.15) is 0 Å². The van der Waals surface area contributed by atoms with Gasteiger partial charge >= 0.3 is 6.09 Å². The Balaban J connectivity index is 1.82. The number of aryl methyl sites for hydroxylation is 1. The molecular formula is C28H36N2O6. The molecule has 2 aromatic rings. The highest BCUT2D eigenvalue weighted by atomic mass is 16.5. The first-order valence-corrected chi connectivity index (χ1v) is 12.5. The summed E-state index contributed by atoms with van der Waals surface area (Å²) in [5, 5.41) is 14.0. The predicted molar refractivity (Wildman–Crippen MR) is 137 cm³/mol. The van der Waals surface area contributed by atoms with Gasteiger partial charge in [0.1, 0.15) is 6.61 Å². The molecule has 3 rings (SSSR count). The summed E-state index contributed by atoms with van der Waals surface area (Å²) < 4.78 is 11.0. The summed E-state index contributed by atoms with van der Waals surface area (Å²) >= 11 is 0. The van der Waals surface area contributed by atoms with E-state index in [4.69, 9.17) is 14.6 Å². The molecule has 1 aliphatic rings.